The van der Waals surface area contributed by atoms with E-state index in [-0.39, 0.29) is 12.1 Å². The van der Waals surface area contributed by atoms with Gasteiger partial charge >= 0.3 is 5.97 Å². The number of nitrogens with one attached hydrogen (secondary N) is 1. The minimum absolute atomic E-state index is 0.248. The number of benzene rings is 3. The van der Waals surface area contributed by atoms with Crippen LogP contribution in [0.5, 0.6) is 0 Å². The normalized spacial score (nSPS) is 19.4. The first kappa shape index (κ1) is 18.7. The van der Waals surface area contributed by atoms with Gasteiger partial charge in [0.15, 0.2) is 0 Å². The fourth-order valence-electron chi connectivity index (χ4n) is 4.89. The molecule has 1 N–H and O–H groups in total. The van der Waals surface area contributed by atoms with Gasteiger partial charge in [-0.1, -0.05) is 71.8 Å². The van der Waals surface area contributed by atoms with Crippen LogP contribution in [0.4, 0.5) is 5.95 Å². The maximum atomic E-state index is 13.6. The number of hydrogen-bond donors (Lipinski definition) is 1. The average Bonchev–Trinajstić information content (AvgIpc) is 3.45. The summed E-state index contributed by atoms with van der Waals surface area (Å²) in [6.45, 7) is 1.87. The highest BCUT2D eigenvalue weighted by atomic mass is 16.5. The number of ether oxygens (including phenoxy) is 1. The van der Waals surface area contributed by atoms with Crippen molar-refractivity contribution in [2.75, 3.05) is 5.32 Å². The molecular weight excluding hydrogens is 402 g/mol. The number of allylic oxidation sites excluding steroid dienone is 1. The molecule has 32 heavy (non-hydrogen) atoms. The molecule has 2 atom stereocenters. The van der Waals surface area contributed by atoms with Crippen molar-refractivity contribution in [2.45, 2.75) is 31.9 Å². The Balaban J connectivity index is 1.45. The number of nitrogens with zero attached hydrogens (tertiary/aromatic N) is 4. The fourth-order valence-corrected chi connectivity index (χ4v) is 4.89. The van der Waals surface area contributed by atoms with E-state index in [4.69, 9.17) is 4.74 Å². The fraction of sp³-hybridized carbons (Fsp3) is 0.200. The van der Waals surface area contributed by atoms with Crippen LogP contribution in [0.2, 0.25) is 0 Å². The summed E-state index contributed by atoms with van der Waals surface area (Å²) in [5.41, 5.74) is 4.50. The number of rotatable bonds is 3. The molecule has 0 radical (unpaired) electrons. The van der Waals surface area contributed by atoms with Crippen molar-refractivity contribution >= 4 is 22.7 Å². The molecule has 7 nitrogen and oxygen atoms in total. The second kappa shape index (κ2) is 7.30. The highest BCUT2D eigenvalue weighted by Crippen LogP contribution is 2.40. The minimum atomic E-state index is -0.489. The van der Waals surface area contributed by atoms with Gasteiger partial charge in [-0.15, -0.1) is 0 Å². The molecule has 0 bridgehead atoms. The maximum Gasteiger partial charge on any atom is 0.338 e. The van der Waals surface area contributed by atoms with Crippen LogP contribution in [-0.4, -0.2) is 26.2 Å². The highest BCUT2D eigenvalue weighted by molar-refractivity contribution is 5.95. The Kier molecular flexibility index (Phi) is 4.28. The number of esters is 1. The average molecular weight is 423 g/mol. The van der Waals surface area contributed by atoms with E-state index in [1.807, 2.05) is 49.4 Å². The van der Waals surface area contributed by atoms with Gasteiger partial charge in [-0.05, 0) is 57.7 Å². The van der Waals surface area contributed by atoms with Crippen molar-refractivity contribution in [1.82, 2.24) is 20.2 Å². The van der Waals surface area contributed by atoms with E-state index in [0.29, 0.717) is 17.2 Å². The van der Waals surface area contributed by atoms with Crippen LogP contribution < -0.4 is 5.32 Å². The van der Waals surface area contributed by atoms with E-state index >= 15 is 0 Å². The van der Waals surface area contributed by atoms with Crippen molar-refractivity contribution < 1.29 is 9.53 Å². The van der Waals surface area contributed by atoms with E-state index in [1.165, 1.54) is 5.56 Å². The second-order valence-corrected chi connectivity index (χ2v) is 8.21. The largest absolute Gasteiger partial charge is 0.454 e. The number of tetrazole rings is 1. The van der Waals surface area contributed by atoms with E-state index < -0.39 is 6.04 Å². The monoisotopic (exact) mass is 423 g/mol. The molecule has 6 rings (SSSR count). The lowest BCUT2D eigenvalue weighted by molar-refractivity contribution is -0.145. The first-order chi connectivity index (χ1) is 15.7. The van der Waals surface area contributed by atoms with Gasteiger partial charge in [0, 0.05) is 5.70 Å². The van der Waals surface area contributed by atoms with Crippen LogP contribution in [-0.2, 0) is 16.0 Å². The quantitative estimate of drug-likeness (QED) is 0.494. The number of anilines is 1. The molecule has 1 aromatic heterocycles. The standard InChI is InChI=1S/C25H21N5O2/c1-15-22(24(31)32-21-14-13-17-8-3-5-11-19(17)21)23(30-25(26-15)27-28-29-30)20-12-6-9-16-7-2-4-10-18(16)20/h2-12,21,23H,13-14H2,1H3,(H,26,27,29). The zero-order valence-electron chi connectivity index (χ0n) is 17.5. The molecule has 158 valence electrons. The molecule has 0 saturated carbocycles. The predicted molar refractivity (Wildman–Crippen MR) is 120 cm³/mol. The van der Waals surface area contributed by atoms with Gasteiger partial charge in [-0.2, -0.15) is 4.68 Å². The zero-order valence-corrected chi connectivity index (χ0v) is 17.5. The Labute approximate surface area is 184 Å². The van der Waals surface area contributed by atoms with Crippen LogP contribution in [0, 0.1) is 0 Å². The summed E-state index contributed by atoms with van der Waals surface area (Å²) < 4.78 is 7.75. The third-order valence-corrected chi connectivity index (χ3v) is 6.38. The summed E-state index contributed by atoms with van der Waals surface area (Å²) in [5.74, 6) is 0.152. The molecule has 3 aromatic carbocycles. The van der Waals surface area contributed by atoms with Gasteiger partial charge in [-0.25, -0.2) is 4.79 Å². The topological polar surface area (TPSA) is 81.9 Å². The lowest BCUT2D eigenvalue weighted by Crippen LogP contribution is -2.30. The number of hydrogen-bond acceptors (Lipinski definition) is 6. The maximum absolute atomic E-state index is 13.6. The molecule has 2 unspecified atom stereocenters. The Morgan fingerprint density at radius 2 is 1.81 bits per heavy atom. The number of aryl methyl sites for hydroxylation is 1. The number of carbonyl (C=O) groups excluding carboxylic acids is 1. The van der Waals surface area contributed by atoms with Crippen molar-refractivity contribution in [2.24, 2.45) is 0 Å². The lowest BCUT2D eigenvalue weighted by atomic mass is 9.91. The van der Waals surface area contributed by atoms with E-state index in [2.05, 4.69) is 45.1 Å². The van der Waals surface area contributed by atoms with Crippen molar-refractivity contribution in [3.63, 3.8) is 0 Å². The smallest absolute Gasteiger partial charge is 0.338 e. The summed E-state index contributed by atoms with van der Waals surface area (Å²) >= 11 is 0. The molecule has 0 spiro atoms. The van der Waals surface area contributed by atoms with E-state index in [0.717, 1.165) is 34.7 Å². The van der Waals surface area contributed by atoms with Gasteiger partial charge in [0.1, 0.15) is 12.1 Å². The molecule has 1 aliphatic heterocycles. The van der Waals surface area contributed by atoms with Gasteiger partial charge in [0.05, 0.1) is 5.57 Å². The Morgan fingerprint density at radius 1 is 1.03 bits per heavy atom. The van der Waals surface area contributed by atoms with Crippen LogP contribution in [0.15, 0.2) is 78.0 Å². The number of aromatic nitrogens is 4. The van der Waals surface area contributed by atoms with Gasteiger partial charge < -0.3 is 10.1 Å². The molecule has 1 aliphatic carbocycles. The third kappa shape index (κ3) is 2.89. The van der Waals surface area contributed by atoms with Crippen molar-refractivity contribution in [3.8, 4) is 0 Å². The molecule has 0 fully saturated rings. The molecule has 2 heterocycles. The number of carbonyl (C=O) groups is 1. The van der Waals surface area contributed by atoms with Crippen molar-refractivity contribution in [3.05, 3.63) is 94.7 Å². The molecular formula is C25H21N5O2. The molecule has 0 amide bonds. The first-order valence-corrected chi connectivity index (χ1v) is 10.7. The summed E-state index contributed by atoms with van der Waals surface area (Å²) in [4.78, 5) is 13.6. The van der Waals surface area contributed by atoms with Crippen LogP contribution in [0.1, 0.15) is 42.2 Å². The van der Waals surface area contributed by atoms with Gasteiger partial charge in [0.25, 0.3) is 0 Å². The highest BCUT2D eigenvalue weighted by Gasteiger charge is 2.37. The van der Waals surface area contributed by atoms with Crippen LogP contribution in [0.25, 0.3) is 10.8 Å². The van der Waals surface area contributed by atoms with Crippen LogP contribution in [0.3, 0.4) is 0 Å². The summed E-state index contributed by atoms with van der Waals surface area (Å²) in [5, 5.41) is 17.5. The summed E-state index contributed by atoms with van der Waals surface area (Å²) in [6, 6.07) is 21.9. The summed E-state index contributed by atoms with van der Waals surface area (Å²) in [6.07, 6.45) is 1.45. The van der Waals surface area contributed by atoms with Crippen molar-refractivity contribution in [1.29, 1.82) is 0 Å². The number of fused-ring (bicyclic) bond motifs is 3. The molecule has 2 aliphatic rings. The third-order valence-electron chi connectivity index (χ3n) is 6.38. The second-order valence-electron chi connectivity index (χ2n) is 8.21. The van der Waals surface area contributed by atoms with Gasteiger partial charge in [-0.3, -0.25) is 0 Å². The van der Waals surface area contributed by atoms with E-state index in [9.17, 15) is 4.79 Å². The SMILES string of the molecule is CC1=C(C(=O)OC2CCc3ccccc32)C(c2cccc3ccccc23)n2nnnc2N1. The molecule has 4 aromatic rings. The summed E-state index contributed by atoms with van der Waals surface area (Å²) in [7, 11) is 0. The van der Waals surface area contributed by atoms with Gasteiger partial charge in [0.2, 0.25) is 5.95 Å². The first-order valence-electron chi connectivity index (χ1n) is 10.7. The zero-order chi connectivity index (χ0) is 21.7. The predicted octanol–water partition coefficient (Wildman–Crippen LogP) is 4.35. The van der Waals surface area contributed by atoms with E-state index in [1.54, 1.807) is 4.68 Å². The lowest BCUT2D eigenvalue weighted by Gasteiger charge is -2.29. The Bertz CT molecular complexity index is 1380. The Hall–Kier alpha value is -4.00. The molecule has 7 heteroatoms. The molecule has 0 saturated heterocycles. The van der Waals surface area contributed by atoms with Crippen LogP contribution >= 0.6 is 0 Å². The minimum Gasteiger partial charge on any atom is -0.454 e. The Morgan fingerprint density at radius 3 is 2.75 bits per heavy atom.